The number of hydrogen-bond donors (Lipinski definition) is 1. The molecular weight excluding hydrogens is 506 g/mol. The van der Waals surface area contributed by atoms with E-state index in [1.165, 1.54) is 18.5 Å². The number of aromatic nitrogens is 2. The van der Waals surface area contributed by atoms with Crippen LogP contribution in [0.4, 0.5) is 16.4 Å². The van der Waals surface area contributed by atoms with Gasteiger partial charge in [0.05, 0.1) is 25.4 Å². The van der Waals surface area contributed by atoms with Crippen LogP contribution in [0.5, 0.6) is 5.88 Å². The van der Waals surface area contributed by atoms with E-state index in [0.29, 0.717) is 37.6 Å². The van der Waals surface area contributed by atoms with Crippen molar-refractivity contribution in [1.29, 1.82) is 0 Å². The summed E-state index contributed by atoms with van der Waals surface area (Å²) < 4.78 is 17.5. The van der Waals surface area contributed by atoms with E-state index in [2.05, 4.69) is 41.4 Å². The van der Waals surface area contributed by atoms with Crippen molar-refractivity contribution in [3.63, 3.8) is 0 Å². The lowest BCUT2D eigenvalue weighted by atomic mass is 9.87. The van der Waals surface area contributed by atoms with Crippen LogP contribution in [-0.4, -0.2) is 78.6 Å². The van der Waals surface area contributed by atoms with Gasteiger partial charge in [0.2, 0.25) is 11.8 Å². The van der Waals surface area contributed by atoms with E-state index < -0.39 is 5.60 Å². The van der Waals surface area contributed by atoms with Gasteiger partial charge in [-0.25, -0.2) is 9.78 Å². The Morgan fingerprint density at radius 2 is 1.77 bits per heavy atom. The van der Waals surface area contributed by atoms with Gasteiger partial charge >= 0.3 is 6.09 Å². The van der Waals surface area contributed by atoms with Crippen LogP contribution in [-0.2, 0) is 9.47 Å². The van der Waals surface area contributed by atoms with Gasteiger partial charge in [0.1, 0.15) is 5.60 Å². The number of nitrogens with zero attached hydrogens (tertiary/aromatic N) is 4. The minimum atomic E-state index is -0.501. The fourth-order valence-electron chi connectivity index (χ4n) is 5.66. The van der Waals surface area contributed by atoms with Gasteiger partial charge in [-0.3, -0.25) is 0 Å². The SMILES string of the molecule is CC1CCC(Nc2ncc(-c3ccc(N4CCOCC4)cc3)c(OCC3CCN(C(=O)OC(C)(C)C)C3)n2)CC1. The number of nitrogens with one attached hydrogen (secondary N) is 1. The van der Waals surface area contributed by atoms with E-state index >= 15 is 0 Å². The fourth-order valence-corrected chi connectivity index (χ4v) is 5.66. The van der Waals surface area contributed by atoms with Gasteiger partial charge in [0.15, 0.2) is 0 Å². The first-order valence-electron chi connectivity index (χ1n) is 14.9. The van der Waals surface area contributed by atoms with Crippen LogP contribution in [0.2, 0.25) is 0 Å². The van der Waals surface area contributed by atoms with Gasteiger partial charge in [-0.1, -0.05) is 19.1 Å². The summed E-state index contributed by atoms with van der Waals surface area (Å²) in [5.74, 6) is 2.20. The highest BCUT2D eigenvalue weighted by Crippen LogP contribution is 2.32. The van der Waals surface area contributed by atoms with Crippen LogP contribution in [0.3, 0.4) is 0 Å². The molecule has 0 radical (unpaired) electrons. The highest BCUT2D eigenvalue weighted by molar-refractivity contribution is 5.71. The Morgan fingerprint density at radius 1 is 1.05 bits per heavy atom. The molecule has 2 saturated heterocycles. The van der Waals surface area contributed by atoms with Crippen molar-refractivity contribution in [3.8, 4) is 17.0 Å². The third kappa shape index (κ3) is 7.56. The predicted molar refractivity (Wildman–Crippen MR) is 157 cm³/mol. The number of anilines is 2. The summed E-state index contributed by atoms with van der Waals surface area (Å²) >= 11 is 0. The molecule has 9 heteroatoms. The van der Waals surface area contributed by atoms with Crippen molar-refractivity contribution in [3.05, 3.63) is 30.5 Å². The van der Waals surface area contributed by atoms with Crippen LogP contribution in [0, 0.1) is 11.8 Å². The van der Waals surface area contributed by atoms with Crippen LogP contribution in [0.25, 0.3) is 11.1 Å². The Labute approximate surface area is 238 Å². The minimum Gasteiger partial charge on any atom is -0.477 e. The van der Waals surface area contributed by atoms with Crippen LogP contribution in [0.15, 0.2) is 30.5 Å². The molecule has 1 aliphatic carbocycles. The van der Waals surface area contributed by atoms with Crippen LogP contribution >= 0.6 is 0 Å². The molecule has 1 atom stereocenters. The lowest BCUT2D eigenvalue weighted by Crippen LogP contribution is -2.36. The first-order chi connectivity index (χ1) is 19.2. The zero-order chi connectivity index (χ0) is 28.1. The molecule has 1 N–H and O–H groups in total. The maximum Gasteiger partial charge on any atom is 0.410 e. The molecule has 3 heterocycles. The molecule has 218 valence electrons. The van der Waals surface area contributed by atoms with Crippen molar-refractivity contribution in [2.24, 2.45) is 11.8 Å². The third-order valence-electron chi connectivity index (χ3n) is 8.05. The first-order valence-corrected chi connectivity index (χ1v) is 14.9. The second-order valence-corrected chi connectivity index (χ2v) is 12.6. The van der Waals surface area contributed by atoms with E-state index in [1.54, 1.807) is 4.90 Å². The van der Waals surface area contributed by atoms with Crippen LogP contribution in [0.1, 0.15) is 59.8 Å². The van der Waals surface area contributed by atoms with Gasteiger partial charge < -0.3 is 29.3 Å². The van der Waals surface area contributed by atoms with Crippen molar-refractivity contribution >= 4 is 17.7 Å². The monoisotopic (exact) mass is 551 g/mol. The summed E-state index contributed by atoms with van der Waals surface area (Å²) in [6, 6.07) is 8.92. The molecular formula is C31H45N5O4. The molecule has 3 aliphatic rings. The fraction of sp³-hybridized carbons (Fsp3) is 0.645. The van der Waals surface area contributed by atoms with Crippen molar-refractivity contribution < 1.29 is 19.0 Å². The summed E-state index contributed by atoms with van der Waals surface area (Å²) in [4.78, 5) is 26.2. The number of morpholine rings is 1. The smallest absolute Gasteiger partial charge is 0.410 e. The Balaban J connectivity index is 1.29. The number of benzene rings is 1. The Kier molecular flexibility index (Phi) is 8.98. The molecule has 1 aromatic heterocycles. The van der Waals surface area contributed by atoms with Gasteiger partial charge in [-0.2, -0.15) is 4.98 Å². The molecule has 1 unspecified atom stereocenters. The number of carbonyl (C=O) groups is 1. The molecule has 1 saturated carbocycles. The van der Waals surface area contributed by atoms with Gasteiger partial charge in [0.25, 0.3) is 0 Å². The van der Waals surface area contributed by atoms with Gasteiger partial charge in [-0.05, 0) is 76.5 Å². The number of rotatable bonds is 7. The summed E-state index contributed by atoms with van der Waals surface area (Å²) in [6.07, 6.45) is 7.21. The molecule has 0 bridgehead atoms. The average Bonchev–Trinajstić information content (AvgIpc) is 3.43. The van der Waals surface area contributed by atoms with E-state index in [1.807, 2.05) is 27.0 Å². The molecule has 3 fully saturated rings. The Morgan fingerprint density at radius 3 is 2.48 bits per heavy atom. The van der Waals surface area contributed by atoms with E-state index in [9.17, 15) is 4.79 Å². The van der Waals surface area contributed by atoms with Crippen molar-refractivity contribution in [1.82, 2.24) is 14.9 Å². The van der Waals surface area contributed by atoms with Gasteiger partial charge in [0, 0.05) is 50.0 Å². The van der Waals surface area contributed by atoms with Crippen molar-refractivity contribution in [2.45, 2.75) is 71.4 Å². The number of likely N-dealkylation sites (tertiary alicyclic amines) is 1. The highest BCUT2D eigenvalue weighted by Gasteiger charge is 2.30. The summed E-state index contributed by atoms with van der Waals surface area (Å²) in [6.45, 7) is 13.1. The second-order valence-electron chi connectivity index (χ2n) is 12.6. The quantitative estimate of drug-likeness (QED) is 0.475. The molecule has 2 aromatic rings. The maximum atomic E-state index is 12.5. The predicted octanol–water partition coefficient (Wildman–Crippen LogP) is 5.61. The standard InChI is InChI=1S/C31H45N5O4/c1-22-5-9-25(10-6-22)33-29-32-19-27(24-7-11-26(12-8-24)35-15-17-38-18-16-35)28(34-29)39-21-23-13-14-36(20-23)30(37)40-31(2,3)4/h7-8,11-12,19,22-23,25H,5-6,9-10,13-18,20-21H2,1-4H3,(H,32,33,34). The average molecular weight is 552 g/mol. The zero-order valence-electron chi connectivity index (χ0n) is 24.5. The molecule has 1 amide bonds. The van der Waals surface area contributed by atoms with E-state index in [0.717, 1.165) is 62.6 Å². The number of amides is 1. The normalized spacial score (nSPS) is 23.6. The van der Waals surface area contributed by atoms with Gasteiger partial charge in [-0.15, -0.1) is 0 Å². The number of carbonyl (C=O) groups excluding carboxylic acids is 1. The molecule has 0 spiro atoms. The summed E-state index contributed by atoms with van der Waals surface area (Å²) in [7, 11) is 0. The van der Waals surface area contributed by atoms with E-state index in [-0.39, 0.29) is 12.0 Å². The topological polar surface area (TPSA) is 89.1 Å². The summed E-state index contributed by atoms with van der Waals surface area (Å²) in [5.41, 5.74) is 2.58. The van der Waals surface area contributed by atoms with Crippen LogP contribution < -0.4 is 15.0 Å². The molecule has 2 aliphatic heterocycles. The molecule has 40 heavy (non-hydrogen) atoms. The maximum absolute atomic E-state index is 12.5. The lowest BCUT2D eigenvalue weighted by Gasteiger charge is -2.29. The summed E-state index contributed by atoms with van der Waals surface area (Å²) in [5, 5.41) is 3.55. The zero-order valence-corrected chi connectivity index (χ0v) is 24.5. The largest absolute Gasteiger partial charge is 0.477 e. The second kappa shape index (κ2) is 12.6. The molecule has 9 nitrogen and oxygen atoms in total. The number of hydrogen-bond acceptors (Lipinski definition) is 8. The molecule has 5 rings (SSSR count). The highest BCUT2D eigenvalue weighted by atomic mass is 16.6. The first kappa shape index (κ1) is 28.5. The van der Waals surface area contributed by atoms with E-state index in [4.69, 9.17) is 24.2 Å². The lowest BCUT2D eigenvalue weighted by molar-refractivity contribution is 0.0284. The molecule has 1 aromatic carbocycles. The minimum absolute atomic E-state index is 0.218. The Hall–Kier alpha value is -3.07. The Bertz CT molecular complexity index is 1120. The third-order valence-corrected chi connectivity index (χ3v) is 8.05. The number of ether oxygens (including phenoxy) is 3. The van der Waals surface area contributed by atoms with Crippen molar-refractivity contribution in [2.75, 3.05) is 56.2 Å².